The quantitative estimate of drug-likeness (QED) is 0.775. The number of halogens is 5. The van der Waals surface area contributed by atoms with E-state index < -0.39 is 33.7 Å². The highest BCUT2D eigenvalue weighted by Crippen LogP contribution is 2.27. The summed E-state index contributed by atoms with van der Waals surface area (Å²) in [5, 5.41) is -0.0407. The lowest BCUT2D eigenvalue weighted by Crippen LogP contribution is -2.32. The van der Waals surface area contributed by atoms with E-state index >= 15 is 0 Å². The smallest absolute Gasteiger partial charge is 0.209 e. The lowest BCUT2D eigenvalue weighted by Gasteiger charge is -2.18. The van der Waals surface area contributed by atoms with E-state index in [0.29, 0.717) is 4.31 Å². The summed E-state index contributed by atoms with van der Waals surface area (Å²) >= 11 is 11.1. The van der Waals surface area contributed by atoms with Crippen LogP contribution in [0.25, 0.3) is 0 Å². The van der Waals surface area contributed by atoms with Crippen molar-refractivity contribution in [3.63, 3.8) is 0 Å². The molecule has 0 unspecified atom stereocenters. The van der Waals surface area contributed by atoms with Gasteiger partial charge in [0, 0.05) is 17.6 Å². The molecule has 0 N–H and O–H groups in total. The molecule has 0 saturated carbocycles. The summed E-state index contributed by atoms with van der Waals surface area (Å²) in [6.45, 7) is -1.04. The molecule has 0 aliphatic carbocycles. The summed E-state index contributed by atoms with van der Waals surface area (Å²) in [6.07, 6.45) is -2.87. The maximum absolute atomic E-state index is 13.9. The molecule has 0 aliphatic rings. The van der Waals surface area contributed by atoms with Crippen molar-refractivity contribution in [3.8, 4) is 0 Å². The topological polar surface area (TPSA) is 37.4 Å². The fourth-order valence-electron chi connectivity index (χ4n) is 1.36. The molecule has 0 bridgehead atoms. The van der Waals surface area contributed by atoms with Gasteiger partial charge in [-0.1, -0.05) is 11.6 Å². The summed E-state index contributed by atoms with van der Waals surface area (Å²) in [6, 6.07) is 2.04. The summed E-state index contributed by atoms with van der Waals surface area (Å²) < 4.78 is 62.6. The molecule has 0 amide bonds. The minimum atomic E-state index is -4.38. The Labute approximate surface area is 119 Å². The van der Waals surface area contributed by atoms with Crippen molar-refractivity contribution in [2.45, 2.75) is 17.2 Å². The second-order valence-electron chi connectivity index (χ2n) is 3.69. The van der Waals surface area contributed by atoms with Crippen LogP contribution in [0.4, 0.5) is 13.2 Å². The molecule has 0 aromatic heterocycles. The number of hydrogen-bond donors (Lipinski definition) is 0. The van der Waals surface area contributed by atoms with Gasteiger partial charge in [0.15, 0.2) is 0 Å². The number of sulfonamides is 1. The second kappa shape index (κ2) is 6.30. The fraction of sp³-hybridized carbons (Fsp3) is 0.400. The lowest BCUT2D eigenvalue weighted by molar-refractivity contribution is 0.126. The van der Waals surface area contributed by atoms with Crippen molar-refractivity contribution in [1.82, 2.24) is 4.31 Å². The van der Waals surface area contributed by atoms with Gasteiger partial charge in [-0.2, -0.15) is 4.31 Å². The van der Waals surface area contributed by atoms with Gasteiger partial charge in [0.2, 0.25) is 10.0 Å². The van der Waals surface area contributed by atoms with Crippen molar-refractivity contribution in [1.29, 1.82) is 0 Å². The van der Waals surface area contributed by atoms with Gasteiger partial charge in [0.25, 0.3) is 6.43 Å². The molecule has 1 aromatic carbocycles. The van der Waals surface area contributed by atoms with Gasteiger partial charge < -0.3 is 0 Å². The Bertz CT molecular complexity index is 566. The normalized spacial score (nSPS) is 12.4. The Hall–Kier alpha value is -0.500. The van der Waals surface area contributed by atoms with E-state index in [1.54, 1.807) is 0 Å². The number of hydrogen-bond acceptors (Lipinski definition) is 2. The molecule has 0 saturated heterocycles. The zero-order valence-electron chi connectivity index (χ0n) is 9.71. The van der Waals surface area contributed by atoms with E-state index in [1.165, 1.54) is 6.07 Å². The van der Waals surface area contributed by atoms with Crippen LogP contribution in [0.5, 0.6) is 0 Å². The molecule has 0 aliphatic heterocycles. The summed E-state index contributed by atoms with van der Waals surface area (Å²) in [7, 11) is -3.45. The molecular formula is C10H10Cl2F3NO2S. The zero-order chi connectivity index (χ0) is 14.8. The van der Waals surface area contributed by atoms with Gasteiger partial charge in [-0.05, 0) is 12.1 Å². The number of alkyl halides is 3. The zero-order valence-corrected chi connectivity index (χ0v) is 12.0. The van der Waals surface area contributed by atoms with Crippen LogP contribution in [0.15, 0.2) is 17.0 Å². The largest absolute Gasteiger partial charge is 0.252 e. The van der Waals surface area contributed by atoms with Gasteiger partial charge in [-0.25, -0.2) is 21.6 Å². The Morgan fingerprint density at radius 2 is 1.95 bits per heavy atom. The lowest BCUT2D eigenvalue weighted by atomic mass is 10.2. The molecule has 0 spiro atoms. The van der Waals surface area contributed by atoms with Gasteiger partial charge in [-0.15, -0.1) is 11.6 Å². The first-order valence-corrected chi connectivity index (χ1v) is 7.33. The van der Waals surface area contributed by atoms with Crippen LogP contribution in [-0.4, -0.2) is 32.7 Å². The molecular weight excluding hydrogens is 326 g/mol. The van der Waals surface area contributed by atoms with E-state index in [0.717, 1.165) is 13.1 Å². The number of benzene rings is 1. The van der Waals surface area contributed by atoms with Crippen molar-refractivity contribution in [2.75, 3.05) is 13.6 Å². The Balaban J connectivity index is 3.32. The Kier molecular flexibility index (Phi) is 5.49. The Morgan fingerprint density at radius 3 is 2.42 bits per heavy atom. The maximum atomic E-state index is 13.9. The molecule has 0 atom stereocenters. The van der Waals surface area contributed by atoms with Crippen LogP contribution in [0, 0.1) is 5.82 Å². The van der Waals surface area contributed by atoms with Crippen LogP contribution < -0.4 is 0 Å². The molecule has 1 rings (SSSR count). The molecule has 3 nitrogen and oxygen atoms in total. The van der Waals surface area contributed by atoms with Gasteiger partial charge >= 0.3 is 0 Å². The maximum Gasteiger partial charge on any atom is 0.252 e. The van der Waals surface area contributed by atoms with Gasteiger partial charge in [0.05, 0.1) is 12.4 Å². The molecule has 0 heterocycles. The summed E-state index contributed by atoms with van der Waals surface area (Å²) in [5.41, 5.74) is -0.113. The molecule has 0 radical (unpaired) electrons. The highest BCUT2D eigenvalue weighted by Gasteiger charge is 2.28. The number of nitrogens with zero attached hydrogens (tertiary/aromatic N) is 1. The minimum Gasteiger partial charge on any atom is -0.209 e. The third-order valence-electron chi connectivity index (χ3n) is 2.31. The average molecular weight is 336 g/mol. The van der Waals surface area contributed by atoms with E-state index in [-0.39, 0.29) is 16.5 Å². The third-order valence-corrected chi connectivity index (χ3v) is 4.64. The first kappa shape index (κ1) is 16.6. The molecule has 108 valence electrons. The van der Waals surface area contributed by atoms with Crippen LogP contribution >= 0.6 is 23.2 Å². The van der Waals surface area contributed by atoms with E-state index in [4.69, 9.17) is 23.2 Å². The first-order valence-electron chi connectivity index (χ1n) is 4.98. The van der Waals surface area contributed by atoms with Crippen LogP contribution in [0.1, 0.15) is 5.56 Å². The molecule has 1 aromatic rings. The van der Waals surface area contributed by atoms with E-state index in [9.17, 15) is 21.6 Å². The molecule has 9 heteroatoms. The predicted octanol–water partition coefficient (Wildman–Crippen LogP) is 3.10. The van der Waals surface area contributed by atoms with E-state index in [2.05, 4.69) is 0 Å². The highest BCUT2D eigenvalue weighted by molar-refractivity contribution is 7.89. The van der Waals surface area contributed by atoms with Crippen LogP contribution in [0.3, 0.4) is 0 Å². The highest BCUT2D eigenvalue weighted by atomic mass is 35.5. The number of rotatable bonds is 5. The predicted molar refractivity (Wildman–Crippen MR) is 66.8 cm³/mol. The molecule has 19 heavy (non-hydrogen) atoms. The monoisotopic (exact) mass is 335 g/mol. The second-order valence-corrected chi connectivity index (χ2v) is 6.40. The summed E-state index contributed by atoms with van der Waals surface area (Å²) in [4.78, 5) is -0.765. The van der Waals surface area contributed by atoms with Crippen molar-refractivity contribution >= 4 is 33.2 Å². The summed E-state index contributed by atoms with van der Waals surface area (Å²) in [5.74, 6) is -1.37. The standard InChI is InChI=1S/C10H10Cl2F3NO2S/c1-16(5-9(13)14)19(17,18)8-3-7(12)2-6(4-11)10(8)15/h2-3,9H,4-5H2,1H3. The Morgan fingerprint density at radius 1 is 1.37 bits per heavy atom. The average Bonchev–Trinajstić information content (AvgIpc) is 2.30. The van der Waals surface area contributed by atoms with Gasteiger partial charge in [0.1, 0.15) is 10.7 Å². The molecule has 0 fully saturated rings. The van der Waals surface area contributed by atoms with Crippen molar-refractivity contribution < 1.29 is 21.6 Å². The van der Waals surface area contributed by atoms with Gasteiger partial charge in [-0.3, -0.25) is 0 Å². The van der Waals surface area contributed by atoms with Crippen LogP contribution in [-0.2, 0) is 15.9 Å². The fourth-order valence-corrected chi connectivity index (χ4v) is 3.14. The third kappa shape index (κ3) is 3.75. The van der Waals surface area contributed by atoms with Crippen molar-refractivity contribution in [2.24, 2.45) is 0 Å². The minimum absolute atomic E-state index is 0.0407. The van der Waals surface area contributed by atoms with Crippen molar-refractivity contribution in [3.05, 3.63) is 28.5 Å². The van der Waals surface area contributed by atoms with Crippen LogP contribution in [0.2, 0.25) is 5.02 Å². The SMILES string of the molecule is CN(CC(F)F)S(=O)(=O)c1cc(Cl)cc(CCl)c1F. The van der Waals surface area contributed by atoms with E-state index in [1.807, 2.05) is 0 Å². The first-order chi connectivity index (χ1) is 8.70.